The van der Waals surface area contributed by atoms with Crippen LogP contribution in [0.4, 0.5) is 0 Å². The SMILES string of the molecule is C=CC(=O)OCCOC(=O)CON=C(c1ccc(OC)cc1)C1(N2CCOCC2)CCCCC1. The van der Waals surface area contributed by atoms with Gasteiger partial charge in [-0.05, 0) is 37.1 Å². The molecule has 0 amide bonds. The number of ether oxygens (including phenoxy) is 4. The van der Waals surface area contributed by atoms with Gasteiger partial charge < -0.3 is 23.8 Å². The molecule has 0 N–H and O–H groups in total. The predicted octanol–water partition coefficient (Wildman–Crippen LogP) is 2.72. The van der Waals surface area contributed by atoms with Crippen LogP contribution in [-0.2, 0) is 28.6 Å². The molecule has 9 heteroatoms. The Hall–Kier alpha value is -2.91. The molecular weight excluding hydrogens is 440 g/mol. The van der Waals surface area contributed by atoms with E-state index in [1.54, 1.807) is 7.11 Å². The van der Waals surface area contributed by atoms with Gasteiger partial charge in [-0.3, -0.25) is 4.90 Å². The lowest BCUT2D eigenvalue weighted by molar-refractivity contribution is -0.153. The first-order valence-electron chi connectivity index (χ1n) is 11.7. The van der Waals surface area contributed by atoms with E-state index in [9.17, 15) is 9.59 Å². The third-order valence-corrected chi connectivity index (χ3v) is 6.20. The summed E-state index contributed by atoms with van der Waals surface area (Å²) in [5.74, 6) is -0.396. The van der Waals surface area contributed by atoms with Crippen LogP contribution in [0, 0.1) is 0 Å². The molecule has 3 rings (SSSR count). The van der Waals surface area contributed by atoms with Crippen molar-refractivity contribution >= 4 is 17.7 Å². The van der Waals surface area contributed by atoms with E-state index >= 15 is 0 Å². The second kappa shape index (κ2) is 13.1. The molecule has 34 heavy (non-hydrogen) atoms. The van der Waals surface area contributed by atoms with Crippen molar-refractivity contribution in [1.29, 1.82) is 0 Å². The molecular formula is C25H34N2O7. The fourth-order valence-electron chi connectivity index (χ4n) is 4.53. The second-order valence-corrected chi connectivity index (χ2v) is 8.23. The molecule has 0 atom stereocenters. The molecule has 0 bridgehead atoms. The quantitative estimate of drug-likeness (QED) is 0.159. The molecule has 0 aromatic heterocycles. The van der Waals surface area contributed by atoms with E-state index in [1.165, 1.54) is 6.42 Å². The Bertz CT molecular complexity index is 841. The van der Waals surface area contributed by atoms with Gasteiger partial charge in [0.2, 0.25) is 6.61 Å². The summed E-state index contributed by atoms with van der Waals surface area (Å²) in [5, 5.41) is 4.52. The fraction of sp³-hybridized carbons (Fsp3) is 0.560. The van der Waals surface area contributed by atoms with Gasteiger partial charge >= 0.3 is 11.9 Å². The van der Waals surface area contributed by atoms with Crippen LogP contribution in [0.2, 0.25) is 0 Å². The number of nitrogens with zero attached hydrogens (tertiary/aromatic N) is 2. The number of morpholine rings is 1. The van der Waals surface area contributed by atoms with Gasteiger partial charge in [0.05, 0.1) is 25.9 Å². The first-order chi connectivity index (χ1) is 16.6. The molecule has 9 nitrogen and oxygen atoms in total. The maximum Gasteiger partial charge on any atom is 0.347 e. The van der Waals surface area contributed by atoms with Gasteiger partial charge in [-0.2, -0.15) is 0 Å². The third-order valence-electron chi connectivity index (χ3n) is 6.20. The number of hydrogen-bond acceptors (Lipinski definition) is 9. The second-order valence-electron chi connectivity index (χ2n) is 8.23. The molecule has 1 heterocycles. The first kappa shape index (κ1) is 25.7. The highest BCUT2D eigenvalue weighted by Gasteiger charge is 2.44. The van der Waals surface area contributed by atoms with Crippen LogP contribution in [0.3, 0.4) is 0 Å². The zero-order valence-corrected chi connectivity index (χ0v) is 19.8. The summed E-state index contributed by atoms with van der Waals surface area (Å²) in [7, 11) is 1.63. The largest absolute Gasteiger partial charge is 0.497 e. The van der Waals surface area contributed by atoms with Crippen LogP contribution in [0.25, 0.3) is 0 Å². The number of hydrogen-bond donors (Lipinski definition) is 0. The van der Waals surface area contributed by atoms with Crippen molar-refractivity contribution in [3.8, 4) is 5.75 Å². The van der Waals surface area contributed by atoms with E-state index < -0.39 is 11.9 Å². The number of benzene rings is 1. The highest BCUT2D eigenvalue weighted by Crippen LogP contribution is 2.38. The van der Waals surface area contributed by atoms with Gasteiger partial charge in [0.15, 0.2) is 0 Å². The van der Waals surface area contributed by atoms with Crippen LogP contribution in [-0.4, -0.2) is 81.3 Å². The molecule has 1 aliphatic carbocycles. The third kappa shape index (κ3) is 6.80. The lowest BCUT2D eigenvalue weighted by Gasteiger charge is -2.48. The van der Waals surface area contributed by atoms with Crippen LogP contribution in [0.1, 0.15) is 37.7 Å². The predicted molar refractivity (Wildman–Crippen MR) is 126 cm³/mol. The number of oxime groups is 1. The Morgan fingerprint density at radius 1 is 1.09 bits per heavy atom. The van der Waals surface area contributed by atoms with Crippen LogP contribution in [0.15, 0.2) is 42.1 Å². The first-order valence-corrected chi connectivity index (χ1v) is 11.7. The van der Waals surface area contributed by atoms with Crippen molar-refractivity contribution in [2.75, 3.05) is 53.2 Å². The maximum atomic E-state index is 12.1. The molecule has 0 radical (unpaired) electrons. The van der Waals surface area contributed by atoms with Crippen molar-refractivity contribution in [3.63, 3.8) is 0 Å². The summed E-state index contributed by atoms with van der Waals surface area (Å²) in [6, 6.07) is 7.76. The van der Waals surface area contributed by atoms with E-state index in [1.807, 2.05) is 24.3 Å². The van der Waals surface area contributed by atoms with Crippen molar-refractivity contribution in [2.24, 2.45) is 5.16 Å². The monoisotopic (exact) mass is 474 g/mol. The van der Waals surface area contributed by atoms with Crippen molar-refractivity contribution < 1.29 is 33.4 Å². The van der Waals surface area contributed by atoms with Gasteiger partial charge in [0, 0.05) is 24.7 Å². The Kier molecular flexibility index (Phi) is 9.90. The van der Waals surface area contributed by atoms with E-state index in [0.29, 0.717) is 13.2 Å². The number of rotatable bonds is 11. The minimum absolute atomic E-state index is 0.0445. The summed E-state index contributed by atoms with van der Waals surface area (Å²) >= 11 is 0. The average molecular weight is 475 g/mol. The summed E-state index contributed by atoms with van der Waals surface area (Å²) in [6.45, 7) is 5.87. The molecule has 1 saturated carbocycles. The lowest BCUT2D eigenvalue weighted by atomic mass is 9.74. The molecule has 0 unspecified atom stereocenters. The lowest BCUT2D eigenvalue weighted by Crippen LogP contribution is -2.59. The smallest absolute Gasteiger partial charge is 0.347 e. The van der Waals surface area contributed by atoms with Crippen LogP contribution < -0.4 is 4.74 Å². The molecule has 186 valence electrons. The Balaban J connectivity index is 1.76. The Morgan fingerprint density at radius 3 is 2.41 bits per heavy atom. The van der Waals surface area contributed by atoms with Crippen molar-refractivity contribution in [2.45, 2.75) is 37.6 Å². The van der Waals surface area contributed by atoms with Gasteiger partial charge in [0.1, 0.15) is 24.7 Å². The van der Waals surface area contributed by atoms with Gasteiger partial charge in [-0.15, -0.1) is 0 Å². The molecule has 2 fully saturated rings. The maximum absolute atomic E-state index is 12.1. The number of methoxy groups -OCH3 is 1. The van der Waals surface area contributed by atoms with Crippen molar-refractivity contribution in [3.05, 3.63) is 42.5 Å². The summed E-state index contributed by atoms with van der Waals surface area (Å²) in [6.07, 6.45) is 6.35. The van der Waals surface area contributed by atoms with Gasteiger partial charge in [-0.1, -0.05) is 31.0 Å². The van der Waals surface area contributed by atoms with Gasteiger partial charge in [-0.25, -0.2) is 9.59 Å². The summed E-state index contributed by atoms with van der Waals surface area (Å²) in [4.78, 5) is 31.1. The molecule has 1 aliphatic heterocycles. The molecule has 0 spiro atoms. The summed E-state index contributed by atoms with van der Waals surface area (Å²) in [5.41, 5.74) is 1.45. The van der Waals surface area contributed by atoms with Crippen LogP contribution >= 0.6 is 0 Å². The zero-order chi connectivity index (χ0) is 24.2. The van der Waals surface area contributed by atoms with E-state index in [-0.39, 0.29) is 25.4 Å². The minimum Gasteiger partial charge on any atom is -0.497 e. The Labute approximate surface area is 200 Å². The zero-order valence-electron chi connectivity index (χ0n) is 19.8. The average Bonchev–Trinajstić information content (AvgIpc) is 2.90. The molecule has 1 aromatic carbocycles. The highest BCUT2D eigenvalue weighted by molar-refractivity contribution is 6.07. The number of carbonyl (C=O) groups excluding carboxylic acids is 2. The molecule has 1 saturated heterocycles. The van der Waals surface area contributed by atoms with Crippen molar-refractivity contribution in [1.82, 2.24) is 4.90 Å². The fourth-order valence-corrected chi connectivity index (χ4v) is 4.53. The Morgan fingerprint density at radius 2 is 1.76 bits per heavy atom. The normalized spacial score (nSPS) is 18.6. The van der Waals surface area contributed by atoms with Crippen LogP contribution in [0.5, 0.6) is 5.75 Å². The van der Waals surface area contributed by atoms with E-state index in [2.05, 4.69) is 16.6 Å². The minimum atomic E-state index is -0.587. The van der Waals surface area contributed by atoms with Gasteiger partial charge in [0.25, 0.3) is 0 Å². The van der Waals surface area contributed by atoms with E-state index in [4.69, 9.17) is 23.8 Å². The highest BCUT2D eigenvalue weighted by atomic mass is 16.7. The standard InChI is InChI=1S/C25H34N2O7/c1-3-22(28)32-17-18-33-23(29)19-34-26-24(20-7-9-21(30-2)10-8-20)25(11-5-4-6-12-25)27-13-15-31-16-14-27/h3,7-10H,1,4-6,11-19H2,2H3. The topological polar surface area (TPSA) is 95.9 Å². The molecule has 2 aliphatic rings. The van der Waals surface area contributed by atoms with E-state index in [0.717, 1.165) is 61.9 Å². The number of esters is 2. The molecule has 1 aromatic rings. The number of carbonyl (C=O) groups is 2. The summed E-state index contributed by atoms with van der Waals surface area (Å²) < 4.78 is 20.8.